The minimum absolute atomic E-state index is 0.847. The van der Waals surface area contributed by atoms with Gasteiger partial charge in [-0.05, 0) is 0 Å². The van der Waals surface area contributed by atoms with Crippen molar-refractivity contribution in [1.82, 2.24) is 0 Å². The molecule has 0 aliphatic rings. The van der Waals surface area contributed by atoms with Crippen LogP contribution in [-0.4, -0.2) is 8.07 Å². The van der Waals surface area contributed by atoms with E-state index in [2.05, 4.69) is 37.8 Å². The van der Waals surface area contributed by atoms with E-state index in [0.717, 1.165) is 17.3 Å². The van der Waals surface area contributed by atoms with Gasteiger partial charge in [-0.25, -0.2) is 0 Å². The van der Waals surface area contributed by atoms with E-state index in [1.165, 1.54) is 5.19 Å². The summed E-state index contributed by atoms with van der Waals surface area (Å²) in [6.07, 6.45) is 0. The molecule has 1 aromatic rings. The zero-order valence-electron chi connectivity index (χ0n) is 7.89. The van der Waals surface area contributed by atoms with E-state index in [1.807, 2.05) is 12.1 Å². The molecule has 0 atom stereocenters. The molecule has 0 unspecified atom stereocenters. The summed E-state index contributed by atoms with van der Waals surface area (Å²) < 4.78 is 0. The molecule has 12 heavy (non-hydrogen) atoms. The first-order chi connectivity index (χ1) is 5.61. The number of hydrogen-bond acceptors (Lipinski definition) is 0. The third-order valence-electron chi connectivity index (χ3n) is 1.58. The molecular formula is C9H13ClSiZn. The molecule has 62 valence electrons. The van der Waals surface area contributed by atoms with Crippen LogP contribution in [0.15, 0.2) is 24.3 Å². The fraction of sp³-hybridized carbons (Fsp3) is 0.333. The summed E-state index contributed by atoms with van der Waals surface area (Å²) in [6.45, 7) is 7.05. The molecule has 0 aliphatic heterocycles. The molecule has 0 radical (unpaired) electrons. The van der Waals surface area contributed by atoms with Crippen molar-refractivity contribution in [3.05, 3.63) is 30.3 Å². The quantitative estimate of drug-likeness (QED) is 0.531. The minimum atomic E-state index is -1.05. The molecule has 0 saturated heterocycles. The van der Waals surface area contributed by atoms with Crippen LogP contribution in [0.1, 0.15) is 0 Å². The van der Waals surface area contributed by atoms with Crippen molar-refractivity contribution >= 4 is 23.0 Å². The van der Waals surface area contributed by atoms with Gasteiger partial charge in [0.2, 0.25) is 0 Å². The molecule has 1 rings (SSSR count). The zero-order chi connectivity index (χ0) is 9.61. The summed E-state index contributed by atoms with van der Waals surface area (Å²) in [6, 6.07) is 11.4. The standard InChI is InChI=1S/C9H13Si.ClH.Zn/c1-10(2,3)9-7-5-4-6-8-9;;/h5-8H,1-3H3;1H;/q-1;;+2/p-1. The number of rotatable bonds is 1. The second-order valence-corrected chi connectivity index (χ2v) is 8.62. The summed E-state index contributed by atoms with van der Waals surface area (Å²) in [7, 11) is 3.71. The molecule has 0 amide bonds. The van der Waals surface area contributed by atoms with E-state index in [0.29, 0.717) is 0 Å². The SMILES string of the molecule is C[Si](C)(C)c1cc[c-]cc1.[Cl][Zn+]. The van der Waals surface area contributed by atoms with E-state index in [1.54, 1.807) is 0 Å². The molecule has 0 heterocycles. The molecule has 0 nitrogen and oxygen atoms in total. The van der Waals surface area contributed by atoms with Crippen LogP contribution in [-0.2, 0) is 17.3 Å². The van der Waals surface area contributed by atoms with E-state index in [4.69, 9.17) is 9.69 Å². The maximum absolute atomic E-state index is 4.76. The van der Waals surface area contributed by atoms with Gasteiger partial charge in [-0.2, -0.15) is 35.5 Å². The Hall–Kier alpha value is 0.350. The molecular weight excluding hydrogens is 237 g/mol. The average Bonchev–Trinajstić information content (AvgIpc) is 2.08. The summed E-state index contributed by atoms with van der Waals surface area (Å²) in [5, 5.41) is 1.51. The number of hydrogen-bond donors (Lipinski definition) is 0. The van der Waals surface area contributed by atoms with Gasteiger partial charge in [0, 0.05) is 0 Å². The van der Waals surface area contributed by atoms with Crippen molar-refractivity contribution in [2.45, 2.75) is 19.6 Å². The zero-order valence-corrected chi connectivity index (χ0v) is 12.6. The Labute approximate surface area is 90.1 Å². The van der Waals surface area contributed by atoms with Gasteiger partial charge >= 0.3 is 27.0 Å². The first kappa shape index (κ1) is 12.4. The van der Waals surface area contributed by atoms with Gasteiger partial charge in [0.1, 0.15) is 0 Å². The van der Waals surface area contributed by atoms with Crippen LogP contribution in [0, 0.1) is 6.07 Å². The summed E-state index contributed by atoms with van der Waals surface area (Å²) in [4.78, 5) is 0. The van der Waals surface area contributed by atoms with Crippen molar-refractivity contribution in [3.63, 3.8) is 0 Å². The molecule has 0 aromatic heterocycles. The Bertz CT molecular complexity index is 206. The van der Waals surface area contributed by atoms with Gasteiger partial charge in [-0.15, -0.1) is 0 Å². The maximum atomic E-state index is 4.76. The Morgan fingerprint density at radius 2 is 1.58 bits per heavy atom. The molecule has 0 spiro atoms. The van der Waals surface area contributed by atoms with Crippen LogP contribution in [0.3, 0.4) is 0 Å². The van der Waals surface area contributed by atoms with Crippen LogP contribution in [0.2, 0.25) is 19.6 Å². The van der Waals surface area contributed by atoms with E-state index in [-0.39, 0.29) is 0 Å². The Kier molecular flexibility index (Phi) is 6.08. The Balaban J connectivity index is 0.000000561. The summed E-state index contributed by atoms with van der Waals surface area (Å²) in [5.74, 6) is 0. The first-order valence-electron chi connectivity index (χ1n) is 3.84. The average molecular weight is 250 g/mol. The van der Waals surface area contributed by atoms with E-state index < -0.39 is 8.07 Å². The summed E-state index contributed by atoms with van der Waals surface area (Å²) in [5.41, 5.74) is 0. The molecule has 0 saturated carbocycles. The van der Waals surface area contributed by atoms with Crippen molar-refractivity contribution in [1.29, 1.82) is 0 Å². The van der Waals surface area contributed by atoms with E-state index >= 15 is 0 Å². The van der Waals surface area contributed by atoms with Gasteiger partial charge in [-0.1, -0.05) is 19.6 Å². The topological polar surface area (TPSA) is 0 Å². The van der Waals surface area contributed by atoms with Gasteiger partial charge in [0.15, 0.2) is 0 Å². The fourth-order valence-corrected chi connectivity index (χ4v) is 2.05. The molecule has 0 bridgehead atoms. The third-order valence-corrected chi connectivity index (χ3v) is 3.65. The molecule has 1 aromatic carbocycles. The van der Waals surface area contributed by atoms with Crippen molar-refractivity contribution < 1.29 is 17.3 Å². The third kappa shape index (κ3) is 4.39. The first-order valence-corrected chi connectivity index (χ1v) is 11.2. The number of benzene rings is 1. The monoisotopic (exact) mass is 248 g/mol. The normalized spacial score (nSPS) is 10.2. The Morgan fingerprint density at radius 1 is 1.17 bits per heavy atom. The van der Waals surface area contributed by atoms with Crippen molar-refractivity contribution in [2.75, 3.05) is 0 Å². The van der Waals surface area contributed by atoms with Crippen LogP contribution >= 0.6 is 9.69 Å². The van der Waals surface area contributed by atoms with E-state index in [9.17, 15) is 0 Å². The molecule has 0 aliphatic carbocycles. The molecule has 3 heteroatoms. The van der Waals surface area contributed by atoms with Crippen LogP contribution < -0.4 is 5.19 Å². The number of halogens is 1. The molecule has 0 fully saturated rings. The van der Waals surface area contributed by atoms with Gasteiger partial charge in [0.25, 0.3) is 0 Å². The van der Waals surface area contributed by atoms with Gasteiger partial charge < -0.3 is 0 Å². The van der Waals surface area contributed by atoms with Gasteiger partial charge in [0.05, 0.1) is 8.07 Å². The van der Waals surface area contributed by atoms with Gasteiger partial charge in [-0.3, -0.25) is 0 Å². The molecule has 0 N–H and O–H groups in total. The van der Waals surface area contributed by atoms with Crippen molar-refractivity contribution in [2.24, 2.45) is 0 Å². The Morgan fingerprint density at radius 3 is 1.83 bits per heavy atom. The summed E-state index contributed by atoms with van der Waals surface area (Å²) >= 11 is 0.847. The van der Waals surface area contributed by atoms with Crippen LogP contribution in [0.4, 0.5) is 0 Å². The second kappa shape index (κ2) is 5.90. The van der Waals surface area contributed by atoms with Crippen molar-refractivity contribution in [3.8, 4) is 0 Å². The van der Waals surface area contributed by atoms with Crippen LogP contribution in [0.25, 0.3) is 0 Å². The fourth-order valence-electron chi connectivity index (χ4n) is 0.887. The predicted octanol–water partition coefficient (Wildman–Crippen LogP) is 2.72. The second-order valence-electron chi connectivity index (χ2n) is 3.54. The predicted molar refractivity (Wildman–Crippen MR) is 54.1 cm³/mol. The van der Waals surface area contributed by atoms with Crippen LogP contribution in [0.5, 0.6) is 0 Å².